The Hall–Kier alpha value is -2.60. The van der Waals surface area contributed by atoms with Crippen LogP contribution in [0.1, 0.15) is 127 Å². The molecule has 0 aliphatic heterocycles. The maximum Gasteiger partial charge on any atom is 0.408 e. The zero-order valence-electron chi connectivity index (χ0n) is 30.2. The molecular weight excluding hydrogens is 572 g/mol. The summed E-state index contributed by atoms with van der Waals surface area (Å²) in [6.07, 6.45) is 7.55. The first kappa shape index (κ1) is 42.4. The lowest BCUT2D eigenvalue weighted by molar-refractivity contribution is 0.0443. The van der Waals surface area contributed by atoms with Gasteiger partial charge in [-0.2, -0.15) is 0 Å². The van der Waals surface area contributed by atoms with Crippen LogP contribution in [0.2, 0.25) is 0 Å². The number of alkyl carbamates (subject to hydrolysis) is 2. The number of amides is 2. The highest BCUT2D eigenvalue weighted by molar-refractivity contribution is 5.76. The normalized spacial score (nSPS) is 14.4. The summed E-state index contributed by atoms with van der Waals surface area (Å²) < 4.78 is 11.0. The maximum atomic E-state index is 12.5. The fourth-order valence-electron chi connectivity index (χ4n) is 4.73. The van der Waals surface area contributed by atoms with Gasteiger partial charge in [-0.25, -0.2) is 9.59 Å². The Bertz CT molecular complexity index is 817. The average molecular weight is 641 g/mol. The van der Waals surface area contributed by atoms with Crippen LogP contribution < -0.4 is 31.9 Å². The van der Waals surface area contributed by atoms with Gasteiger partial charge in [-0.3, -0.25) is 10.8 Å². The third-order valence-corrected chi connectivity index (χ3v) is 6.93. The number of carbonyl (C=O) groups is 2. The van der Waals surface area contributed by atoms with Crippen molar-refractivity contribution in [2.75, 3.05) is 39.3 Å². The molecule has 0 saturated heterocycles. The summed E-state index contributed by atoms with van der Waals surface area (Å²) in [4.78, 5) is 25.1. The topological polar surface area (TPSA) is 172 Å². The van der Waals surface area contributed by atoms with Crippen molar-refractivity contribution in [3.63, 3.8) is 0 Å². The van der Waals surface area contributed by atoms with Crippen molar-refractivity contribution < 1.29 is 19.1 Å². The SMILES string of the molecule is CC(=N)NCCCCC(C)(CNCCCCCNCC(C)(CCCCNC(C)=N)NC(=O)OC(C)(C)C)NC(=O)OC(C)(C)C. The summed E-state index contributed by atoms with van der Waals surface area (Å²) in [6, 6.07) is 0. The first-order valence-corrected chi connectivity index (χ1v) is 16.8. The molecule has 0 bridgehead atoms. The number of amidine groups is 2. The molecule has 45 heavy (non-hydrogen) atoms. The summed E-state index contributed by atoms with van der Waals surface area (Å²) in [5.41, 5.74) is -1.99. The lowest BCUT2D eigenvalue weighted by Gasteiger charge is -2.33. The molecule has 0 aromatic heterocycles. The van der Waals surface area contributed by atoms with Crippen molar-refractivity contribution in [3.05, 3.63) is 0 Å². The number of ether oxygens (including phenoxy) is 2. The van der Waals surface area contributed by atoms with E-state index in [0.29, 0.717) is 24.8 Å². The van der Waals surface area contributed by atoms with E-state index in [-0.39, 0.29) is 0 Å². The van der Waals surface area contributed by atoms with Crippen LogP contribution in [-0.4, -0.2) is 85.4 Å². The molecule has 2 amide bonds. The quantitative estimate of drug-likeness (QED) is 0.0440. The smallest absolute Gasteiger partial charge is 0.408 e. The van der Waals surface area contributed by atoms with Crippen molar-refractivity contribution in [2.45, 2.75) is 149 Å². The number of rotatable bonds is 22. The Morgan fingerprint density at radius 1 is 0.533 bits per heavy atom. The average Bonchev–Trinajstić information content (AvgIpc) is 2.84. The monoisotopic (exact) mass is 641 g/mol. The molecule has 8 N–H and O–H groups in total. The van der Waals surface area contributed by atoms with Gasteiger partial charge in [-0.15, -0.1) is 0 Å². The summed E-state index contributed by atoms with van der Waals surface area (Å²) >= 11 is 0. The Morgan fingerprint density at radius 2 is 0.867 bits per heavy atom. The van der Waals surface area contributed by atoms with E-state index in [2.05, 4.69) is 45.7 Å². The van der Waals surface area contributed by atoms with E-state index in [1.54, 1.807) is 13.8 Å². The molecule has 0 rings (SSSR count). The van der Waals surface area contributed by atoms with Gasteiger partial charge < -0.3 is 41.4 Å². The molecular formula is C33H68N8O4. The zero-order valence-corrected chi connectivity index (χ0v) is 30.2. The molecule has 0 saturated carbocycles. The van der Waals surface area contributed by atoms with E-state index >= 15 is 0 Å². The fourth-order valence-corrected chi connectivity index (χ4v) is 4.73. The minimum atomic E-state index is -0.557. The molecule has 0 fully saturated rings. The molecule has 0 spiro atoms. The first-order chi connectivity index (χ1) is 20.7. The highest BCUT2D eigenvalue weighted by atomic mass is 16.6. The van der Waals surface area contributed by atoms with E-state index < -0.39 is 34.5 Å². The van der Waals surface area contributed by atoms with Gasteiger partial charge in [-0.05, 0) is 134 Å². The van der Waals surface area contributed by atoms with Crippen LogP contribution in [0.25, 0.3) is 0 Å². The number of unbranched alkanes of at least 4 members (excludes halogenated alkanes) is 4. The molecule has 0 aromatic carbocycles. The first-order valence-electron chi connectivity index (χ1n) is 16.8. The standard InChI is InChI=1S/C33H68N8O4/c1-26(34)38-22-16-12-18-32(9,40-28(42)44-30(3,4)5)24-36-20-14-11-15-21-37-25-33(10,19-13-17-23-39-27(2)35)41-29(43)45-31(6,7)8/h36-37H,11-25H2,1-10H3,(H2,34,38)(H2,35,39)(H,40,42)(H,41,43). The van der Waals surface area contributed by atoms with Crippen LogP contribution in [0.4, 0.5) is 9.59 Å². The summed E-state index contributed by atoms with van der Waals surface area (Å²) in [5, 5.41) is 34.3. The largest absolute Gasteiger partial charge is 0.444 e. The van der Waals surface area contributed by atoms with E-state index in [1.807, 2.05) is 41.5 Å². The molecule has 0 aliphatic carbocycles. The van der Waals surface area contributed by atoms with Crippen LogP contribution in [0, 0.1) is 10.8 Å². The van der Waals surface area contributed by atoms with Crippen molar-refractivity contribution in [2.24, 2.45) is 0 Å². The van der Waals surface area contributed by atoms with Crippen molar-refractivity contribution >= 4 is 23.9 Å². The third kappa shape index (κ3) is 26.3. The molecule has 12 nitrogen and oxygen atoms in total. The van der Waals surface area contributed by atoms with Crippen molar-refractivity contribution in [1.29, 1.82) is 10.8 Å². The van der Waals surface area contributed by atoms with Gasteiger partial charge in [0.15, 0.2) is 0 Å². The number of hydrogen-bond donors (Lipinski definition) is 8. The van der Waals surface area contributed by atoms with E-state index in [4.69, 9.17) is 20.3 Å². The third-order valence-electron chi connectivity index (χ3n) is 6.93. The lowest BCUT2D eigenvalue weighted by atomic mass is 9.94. The van der Waals surface area contributed by atoms with Crippen LogP contribution in [-0.2, 0) is 9.47 Å². The molecule has 0 heterocycles. The van der Waals surface area contributed by atoms with Gasteiger partial charge >= 0.3 is 12.2 Å². The molecule has 12 heteroatoms. The van der Waals surface area contributed by atoms with E-state index in [0.717, 1.165) is 84.0 Å². The Labute approximate surface area is 274 Å². The molecule has 2 atom stereocenters. The Balaban J connectivity index is 4.65. The highest BCUT2D eigenvalue weighted by Gasteiger charge is 2.29. The molecule has 264 valence electrons. The van der Waals surface area contributed by atoms with Gasteiger partial charge in [0.05, 0.1) is 22.7 Å². The van der Waals surface area contributed by atoms with Crippen LogP contribution >= 0.6 is 0 Å². The molecule has 0 radical (unpaired) electrons. The van der Waals surface area contributed by atoms with Gasteiger partial charge in [0, 0.05) is 26.2 Å². The molecule has 0 aromatic rings. The Kier molecular flexibility index (Phi) is 20.0. The van der Waals surface area contributed by atoms with Crippen LogP contribution in [0.3, 0.4) is 0 Å². The summed E-state index contributed by atoms with van der Waals surface area (Å²) in [6.45, 7) is 23.2. The molecule has 0 aliphatic rings. The van der Waals surface area contributed by atoms with Gasteiger partial charge in [0.1, 0.15) is 11.2 Å². The van der Waals surface area contributed by atoms with Gasteiger partial charge in [0.2, 0.25) is 0 Å². The fraction of sp³-hybridized carbons (Fsp3) is 0.879. The zero-order chi connectivity index (χ0) is 34.6. The second kappa shape index (κ2) is 21.2. The Morgan fingerprint density at radius 3 is 1.18 bits per heavy atom. The van der Waals surface area contributed by atoms with Gasteiger partial charge in [-0.1, -0.05) is 6.42 Å². The number of nitrogens with one attached hydrogen (secondary N) is 8. The predicted molar refractivity (Wildman–Crippen MR) is 186 cm³/mol. The minimum absolute atomic E-state index is 0.405. The number of hydrogen-bond acceptors (Lipinski definition) is 8. The lowest BCUT2D eigenvalue weighted by Crippen LogP contribution is -2.54. The summed E-state index contributed by atoms with van der Waals surface area (Å²) in [5.74, 6) is 0.930. The maximum absolute atomic E-state index is 12.5. The molecule has 2 unspecified atom stereocenters. The predicted octanol–water partition coefficient (Wildman–Crippen LogP) is 5.42. The number of carbonyl (C=O) groups excluding carboxylic acids is 2. The van der Waals surface area contributed by atoms with E-state index in [9.17, 15) is 9.59 Å². The van der Waals surface area contributed by atoms with Crippen LogP contribution in [0.15, 0.2) is 0 Å². The van der Waals surface area contributed by atoms with E-state index in [1.165, 1.54) is 0 Å². The van der Waals surface area contributed by atoms with Crippen LogP contribution in [0.5, 0.6) is 0 Å². The summed E-state index contributed by atoms with van der Waals surface area (Å²) in [7, 11) is 0. The second-order valence-electron chi connectivity index (χ2n) is 14.8. The van der Waals surface area contributed by atoms with Crippen molar-refractivity contribution in [3.8, 4) is 0 Å². The highest BCUT2D eigenvalue weighted by Crippen LogP contribution is 2.17. The minimum Gasteiger partial charge on any atom is -0.444 e. The van der Waals surface area contributed by atoms with Gasteiger partial charge in [0.25, 0.3) is 0 Å². The second-order valence-corrected chi connectivity index (χ2v) is 14.8. The van der Waals surface area contributed by atoms with Crippen molar-refractivity contribution in [1.82, 2.24) is 31.9 Å².